The number of ether oxygens (including phenoxy) is 2. The molecule has 0 spiro atoms. The Kier molecular flexibility index (Phi) is 5.20. The molecule has 2 aromatic carbocycles. The normalized spacial score (nSPS) is 15.1. The van der Waals surface area contributed by atoms with Crippen molar-refractivity contribution in [2.45, 2.75) is 17.5 Å². The Labute approximate surface area is 167 Å². The number of aromatic nitrogens is 3. The maximum atomic E-state index is 12.9. The Morgan fingerprint density at radius 3 is 2.62 bits per heavy atom. The summed E-state index contributed by atoms with van der Waals surface area (Å²) in [6, 6.07) is 12.0. The predicted molar refractivity (Wildman–Crippen MR) is 102 cm³/mol. The number of benzene rings is 2. The van der Waals surface area contributed by atoms with Crippen LogP contribution in [0.4, 0.5) is 4.39 Å². The zero-order valence-corrected chi connectivity index (χ0v) is 16.4. The SMILES string of the molecule is COc1cccc(S(=O)(=O)N2CC(n3cc(COc4ccc(F)cc4)nn3)C2)c1. The van der Waals surface area contributed by atoms with Crippen molar-refractivity contribution in [1.82, 2.24) is 19.3 Å². The molecule has 0 saturated carbocycles. The van der Waals surface area contributed by atoms with Gasteiger partial charge in [-0.2, -0.15) is 4.31 Å². The van der Waals surface area contributed by atoms with Gasteiger partial charge in [-0.15, -0.1) is 5.10 Å². The van der Waals surface area contributed by atoms with Crippen LogP contribution in [-0.2, 0) is 16.6 Å². The highest BCUT2D eigenvalue weighted by Crippen LogP contribution is 2.29. The smallest absolute Gasteiger partial charge is 0.243 e. The molecular weight excluding hydrogens is 399 g/mol. The second kappa shape index (κ2) is 7.80. The van der Waals surface area contributed by atoms with E-state index < -0.39 is 10.0 Å². The summed E-state index contributed by atoms with van der Waals surface area (Å²) in [6.45, 7) is 0.798. The summed E-state index contributed by atoms with van der Waals surface area (Å²) in [7, 11) is -2.09. The van der Waals surface area contributed by atoms with Crippen LogP contribution in [0.15, 0.2) is 59.6 Å². The zero-order valence-electron chi connectivity index (χ0n) is 15.6. The van der Waals surface area contributed by atoms with Gasteiger partial charge in [0.05, 0.1) is 24.2 Å². The molecule has 1 saturated heterocycles. The van der Waals surface area contributed by atoms with E-state index in [0.717, 1.165) is 0 Å². The molecule has 10 heteroatoms. The van der Waals surface area contributed by atoms with E-state index in [9.17, 15) is 12.8 Å². The van der Waals surface area contributed by atoms with Gasteiger partial charge in [0.25, 0.3) is 0 Å². The summed E-state index contributed by atoms with van der Waals surface area (Å²) < 4.78 is 52.0. The van der Waals surface area contributed by atoms with Crippen LogP contribution in [-0.4, -0.2) is 47.9 Å². The molecular formula is C19H19FN4O4S. The van der Waals surface area contributed by atoms with Gasteiger partial charge in [-0.05, 0) is 36.4 Å². The average Bonchev–Trinajstić information content (AvgIpc) is 3.14. The number of methoxy groups -OCH3 is 1. The molecule has 0 amide bonds. The molecule has 1 aliphatic heterocycles. The first kappa shape index (κ1) is 19.3. The minimum atomic E-state index is -3.58. The van der Waals surface area contributed by atoms with Gasteiger partial charge in [0.1, 0.15) is 29.6 Å². The van der Waals surface area contributed by atoms with Crippen molar-refractivity contribution in [2.24, 2.45) is 0 Å². The van der Waals surface area contributed by atoms with Gasteiger partial charge >= 0.3 is 0 Å². The number of nitrogens with zero attached hydrogens (tertiary/aromatic N) is 4. The first-order valence-electron chi connectivity index (χ1n) is 8.89. The molecule has 4 rings (SSSR count). The molecule has 29 heavy (non-hydrogen) atoms. The Morgan fingerprint density at radius 1 is 1.14 bits per heavy atom. The molecule has 2 heterocycles. The van der Waals surface area contributed by atoms with Gasteiger partial charge in [-0.1, -0.05) is 11.3 Å². The van der Waals surface area contributed by atoms with E-state index in [1.54, 1.807) is 29.1 Å². The van der Waals surface area contributed by atoms with E-state index in [-0.39, 0.29) is 23.4 Å². The molecule has 1 aliphatic rings. The third-order valence-electron chi connectivity index (χ3n) is 4.64. The van der Waals surface area contributed by atoms with Crippen LogP contribution in [0.2, 0.25) is 0 Å². The van der Waals surface area contributed by atoms with Gasteiger partial charge in [-0.3, -0.25) is 0 Å². The Morgan fingerprint density at radius 2 is 1.90 bits per heavy atom. The van der Waals surface area contributed by atoms with Crippen LogP contribution in [0.5, 0.6) is 11.5 Å². The lowest BCUT2D eigenvalue weighted by Gasteiger charge is -2.37. The van der Waals surface area contributed by atoms with E-state index in [1.165, 1.54) is 41.7 Å². The number of halogens is 1. The Bertz CT molecular complexity index is 1100. The summed E-state index contributed by atoms with van der Waals surface area (Å²) in [6.07, 6.45) is 1.73. The quantitative estimate of drug-likeness (QED) is 0.585. The van der Waals surface area contributed by atoms with E-state index >= 15 is 0 Å². The van der Waals surface area contributed by atoms with Gasteiger partial charge in [0, 0.05) is 19.2 Å². The van der Waals surface area contributed by atoms with Crippen molar-refractivity contribution in [1.29, 1.82) is 0 Å². The molecule has 1 aromatic heterocycles. The second-order valence-electron chi connectivity index (χ2n) is 6.59. The number of rotatable bonds is 7. The van der Waals surface area contributed by atoms with Gasteiger partial charge < -0.3 is 9.47 Å². The van der Waals surface area contributed by atoms with Crippen molar-refractivity contribution in [2.75, 3.05) is 20.2 Å². The molecule has 152 valence electrons. The van der Waals surface area contributed by atoms with Gasteiger partial charge in [0.15, 0.2) is 0 Å². The highest BCUT2D eigenvalue weighted by Gasteiger charge is 2.38. The first-order valence-corrected chi connectivity index (χ1v) is 10.3. The minimum absolute atomic E-state index is 0.0950. The van der Waals surface area contributed by atoms with Crippen LogP contribution in [0.3, 0.4) is 0 Å². The number of sulfonamides is 1. The fourth-order valence-corrected chi connectivity index (χ4v) is 4.49. The second-order valence-corrected chi connectivity index (χ2v) is 8.53. The third-order valence-corrected chi connectivity index (χ3v) is 6.47. The van der Waals surface area contributed by atoms with Crippen molar-refractivity contribution in [3.05, 3.63) is 66.2 Å². The van der Waals surface area contributed by atoms with E-state index in [0.29, 0.717) is 30.3 Å². The molecule has 0 bridgehead atoms. The first-order chi connectivity index (χ1) is 14.0. The monoisotopic (exact) mass is 418 g/mol. The minimum Gasteiger partial charge on any atom is -0.497 e. The highest BCUT2D eigenvalue weighted by molar-refractivity contribution is 7.89. The van der Waals surface area contributed by atoms with Crippen LogP contribution < -0.4 is 9.47 Å². The predicted octanol–water partition coefficient (Wildman–Crippen LogP) is 2.25. The summed E-state index contributed by atoms with van der Waals surface area (Å²) in [5, 5.41) is 8.12. The highest BCUT2D eigenvalue weighted by atomic mass is 32.2. The molecule has 0 aliphatic carbocycles. The molecule has 1 fully saturated rings. The molecule has 0 unspecified atom stereocenters. The summed E-state index contributed by atoms with van der Waals surface area (Å²) in [4.78, 5) is 0.197. The molecule has 3 aromatic rings. The maximum absolute atomic E-state index is 12.9. The van der Waals surface area contributed by atoms with E-state index in [2.05, 4.69) is 10.3 Å². The lowest BCUT2D eigenvalue weighted by atomic mass is 10.2. The van der Waals surface area contributed by atoms with Crippen molar-refractivity contribution in [3.63, 3.8) is 0 Å². The van der Waals surface area contributed by atoms with Gasteiger partial charge in [-0.25, -0.2) is 17.5 Å². The summed E-state index contributed by atoms with van der Waals surface area (Å²) >= 11 is 0. The van der Waals surface area contributed by atoms with Crippen LogP contribution in [0, 0.1) is 5.82 Å². The maximum Gasteiger partial charge on any atom is 0.243 e. The Hall–Kier alpha value is -2.98. The van der Waals surface area contributed by atoms with Crippen molar-refractivity contribution in [3.8, 4) is 11.5 Å². The van der Waals surface area contributed by atoms with Crippen LogP contribution in [0.1, 0.15) is 11.7 Å². The lowest BCUT2D eigenvalue weighted by Crippen LogP contribution is -2.50. The lowest BCUT2D eigenvalue weighted by molar-refractivity contribution is 0.188. The summed E-state index contributed by atoms with van der Waals surface area (Å²) in [5.41, 5.74) is 0.600. The topological polar surface area (TPSA) is 86.6 Å². The summed E-state index contributed by atoms with van der Waals surface area (Å²) in [5.74, 6) is 0.687. The van der Waals surface area contributed by atoms with E-state index in [1.807, 2.05) is 0 Å². The molecule has 0 radical (unpaired) electrons. The fourth-order valence-electron chi connectivity index (χ4n) is 2.94. The van der Waals surface area contributed by atoms with E-state index in [4.69, 9.17) is 9.47 Å². The molecule has 0 atom stereocenters. The van der Waals surface area contributed by atoms with Crippen LogP contribution >= 0.6 is 0 Å². The number of hydrogen-bond donors (Lipinski definition) is 0. The van der Waals surface area contributed by atoms with Crippen molar-refractivity contribution >= 4 is 10.0 Å². The van der Waals surface area contributed by atoms with Crippen molar-refractivity contribution < 1.29 is 22.3 Å². The average molecular weight is 418 g/mol. The molecule has 8 nitrogen and oxygen atoms in total. The van der Waals surface area contributed by atoms with Gasteiger partial charge in [0.2, 0.25) is 10.0 Å². The fraction of sp³-hybridized carbons (Fsp3) is 0.263. The zero-order chi connectivity index (χ0) is 20.4. The third kappa shape index (κ3) is 4.08. The standard InChI is InChI=1S/C19H19FN4O4S/c1-27-18-3-2-4-19(9-18)29(25,26)23-11-16(12-23)24-10-15(21-22-24)13-28-17-7-5-14(20)6-8-17/h2-10,16H,11-13H2,1H3. The Balaban J connectivity index is 1.35. The number of hydrogen-bond acceptors (Lipinski definition) is 6. The van der Waals surface area contributed by atoms with Crippen LogP contribution in [0.25, 0.3) is 0 Å². The largest absolute Gasteiger partial charge is 0.497 e. The molecule has 0 N–H and O–H groups in total.